The van der Waals surface area contributed by atoms with Crippen LogP contribution in [0.3, 0.4) is 0 Å². The summed E-state index contributed by atoms with van der Waals surface area (Å²) < 4.78 is 26.5. The van der Waals surface area contributed by atoms with Gasteiger partial charge in [-0.1, -0.05) is 15.2 Å². The number of ether oxygens (including phenoxy) is 1. The van der Waals surface area contributed by atoms with Gasteiger partial charge in [-0.05, 0) is 6.16 Å². The highest BCUT2D eigenvalue weighted by Crippen LogP contribution is 2.38. The molecule has 0 amide bonds. The number of rotatable bonds is 5. The highest BCUT2D eigenvalue weighted by atomic mass is 31.2. The molecule has 0 aromatic carbocycles. The van der Waals surface area contributed by atoms with E-state index in [0.717, 1.165) is 4.90 Å². The molecule has 0 aromatic rings. The first-order valence-corrected chi connectivity index (χ1v) is 8.46. The van der Waals surface area contributed by atoms with Crippen molar-refractivity contribution in [1.29, 1.82) is 0 Å². The second kappa shape index (κ2) is 5.91. The third kappa shape index (κ3) is 6.08. The van der Waals surface area contributed by atoms with Crippen LogP contribution in [0.25, 0.3) is 0 Å². The zero-order valence-corrected chi connectivity index (χ0v) is 10.9. The maximum Gasteiger partial charge on any atom is 0.101 e. The molecule has 102 valence electrons. The van der Waals surface area contributed by atoms with E-state index in [9.17, 15) is 28.7 Å². The van der Waals surface area contributed by atoms with Crippen LogP contribution in [-0.4, -0.2) is 44.7 Å². The largest absolute Gasteiger partial charge is 0.811 e. The van der Waals surface area contributed by atoms with Crippen LogP contribution in [-0.2, 0) is 13.9 Å². The zero-order chi connectivity index (χ0) is 13.1. The fraction of sp³-hybridized carbons (Fsp3) is 1.00. The van der Waals surface area contributed by atoms with Crippen LogP contribution >= 0.6 is 15.2 Å². The quantitative estimate of drug-likeness (QED) is 0.499. The fourth-order valence-corrected chi connectivity index (χ4v) is 4.26. The summed E-state index contributed by atoms with van der Waals surface area (Å²) in [5.74, 6) is 0. The molecule has 8 nitrogen and oxygen atoms in total. The Morgan fingerprint density at radius 2 is 1.65 bits per heavy atom. The van der Waals surface area contributed by atoms with Crippen molar-refractivity contribution in [2.45, 2.75) is 5.66 Å². The maximum absolute atomic E-state index is 10.9. The topological polar surface area (TPSA) is 140 Å². The van der Waals surface area contributed by atoms with Crippen molar-refractivity contribution >= 4 is 15.2 Å². The van der Waals surface area contributed by atoms with Gasteiger partial charge in [0.05, 0.1) is 19.8 Å². The molecule has 0 unspecified atom stereocenters. The number of nitrogens with one attached hydrogen (secondary N) is 1. The van der Waals surface area contributed by atoms with Crippen molar-refractivity contribution in [3.63, 3.8) is 0 Å². The molecule has 0 aliphatic carbocycles. The first-order valence-electron chi connectivity index (χ1n) is 5.12. The lowest BCUT2D eigenvalue weighted by molar-refractivity contribution is -0.907. The van der Waals surface area contributed by atoms with Gasteiger partial charge in [0.2, 0.25) is 0 Å². The van der Waals surface area contributed by atoms with Crippen LogP contribution in [0.4, 0.5) is 0 Å². The SMILES string of the molecule is O=P([O-])([O-])C[C@H](C[NH+]1CCOCC1)P(=O)([O-])[O-]. The van der Waals surface area contributed by atoms with Gasteiger partial charge < -0.3 is 38.3 Å². The van der Waals surface area contributed by atoms with Crippen LogP contribution in [0.5, 0.6) is 0 Å². The molecule has 1 saturated heterocycles. The smallest absolute Gasteiger partial charge is 0.101 e. The number of morpholine rings is 1. The molecule has 17 heavy (non-hydrogen) atoms. The molecule has 1 fully saturated rings. The maximum atomic E-state index is 10.9. The standard InChI is InChI=1S/C7H17NO7P2/c9-16(10,11)6-7(17(12,13)14)5-8-1-3-15-4-2-8/h7H,1-6H2,(H2,9,10,11)(H2,12,13,14)/p-3/t7-/m0/s1. The lowest BCUT2D eigenvalue weighted by atomic mass is 10.3. The monoisotopic (exact) mass is 286 g/mol. The number of hydrogen-bond acceptors (Lipinski definition) is 7. The highest BCUT2D eigenvalue weighted by Gasteiger charge is 2.23. The van der Waals surface area contributed by atoms with E-state index in [-0.39, 0.29) is 6.54 Å². The van der Waals surface area contributed by atoms with Gasteiger partial charge in [0.15, 0.2) is 0 Å². The highest BCUT2D eigenvalue weighted by molar-refractivity contribution is 7.53. The summed E-state index contributed by atoms with van der Waals surface area (Å²) in [4.78, 5) is 43.7. The van der Waals surface area contributed by atoms with Crippen molar-refractivity contribution in [3.8, 4) is 0 Å². The minimum atomic E-state index is -5.07. The predicted molar refractivity (Wildman–Crippen MR) is 50.3 cm³/mol. The van der Waals surface area contributed by atoms with Crippen molar-refractivity contribution in [2.24, 2.45) is 0 Å². The third-order valence-corrected chi connectivity index (χ3v) is 5.04. The lowest BCUT2D eigenvalue weighted by Crippen LogP contribution is -3.15. The van der Waals surface area contributed by atoms with Gasteiger partial charge in [-0.3, -0.25) is 0 Å². The lowest BCUT2D eigenvalue weighted by Gasteiger charge is -2.44. The van der Waals surface area contributed by atoms with Gasteiger partial charge >= 0.3 is 0 Å². The van der Waals surface area contributed by atoms with Gasteiger partial charge in [0, 0.05) is 5.66 Å². The van der Waals surface area contributed by atoms with Crippen molar-refractivity contribution in [3.05, 3.63) is 0 Å². The molecule has 10 heteroatoms. The summed E-state index contributed by atoms with van der Waals surface area (Å²) in [6.45, 7) is 1.70. The molecule has 1 aliphatic rings. The van der Waals surface area contributed by atoms with Gasteiger partial charge in [0.1, 0.15) is 13.1 Å². The summed E-state index contributed by atoms with van der Waals surface area (Å²) in [5, 5.41) is 0. The zero-order valence-electron chi connectivity index (χ0n) is 9.07. The number of hydrogen-bond donors (Lipinski definition) is 1. The normalized spacial score (nSPS) is 21.4. The molecule has 0 aromatic heterocycles. The van der Waals surface area contributed by atoms with Gasteiger partial charge in [-0.15, -0.1) is 0 Å². The molecule has 0 spiro atoms. The molecular weight excluding hydrogens is 272 g/mol. The minimum Gasteiger partial charge on any atom is -0.811 e. The van der Waals surface area contributed by atoms with Gasteiger partial charge in [-0.2, -0.15) is 0 Å². The van der Waals surface area contributed by atoms with E-state index in [0.29, 0.717) is 26.3 Å². The van der Waals surface area contributed by atoms with E-state index in [1.54, 1.807) is 0 Å². The van der Waals surface area contributed by atoms with Crippen LogP contribution in [0, 0.1) is 0 Å². The fourth-order valence-electron chi connectivity index (χ4n) is 1.73. The van der Waals surface area contributed by atoms with E-state index in [4.69, 9.17) is 4.74 Å². The van der Waals surface area contributed by atoms with E-state index in [1.165, 1.54) is 0 Å². The molecule has 0 saturated carbocycles. The van der Waals surface area contributed by atoms with Gasteiger partial charge in [0.25, 0.3) is 0 Å². The average Bonchev–Trinajstić information content (AvgIpc) is 2.15. The van der Waals surface area contributed by atoms with Gasteiger partial charge in [-0.25, -0.2) is 0 Å². The van der Waals surface area contributed by atoms with E-state index in [1.807, 2.05) is 0 Å². The molecule has 1 heterocycles. The Kier molecular flexibility index (Phi) is 5.31. The van der Waals surface area contributed by atoms with E-state index >= 15 is 0 Å². The summed E-state index contributed by atoms with van der Waals surface area (Å²) >= 11 is 0. The van der Waals surface area contributed by atoms with Crippen molar-refractivity contribution in [1.82, 2.24) is 0 Å². The Morgan fingerprint density at radius 3 is 2.06 bits per heavy atom. The van der Waals surface area contributed by atoms with E-state index < -0.39 is 27.0 Å². The molecule has 0 radical (unpaired) electrons. The van der Waals surface area contributed by atoms with E-state index in [2.05, 4.69) is 0 Å². The second-order valence-electron chi connectivity index (χ2n) is 4.05. The van der Waals surface area contributed by atoms with Crippen molar-refractivity contribution in [2.75, 3.05) is 39.0 Å². The molecule has 1 aliphatic heterocycles. The predicted octanol–water partition coefficient (Wildman–Crippen LogP) is -4.90. The molecule has 1 rings (SSSR count). The second-order valence-corrected chi connectivity index (χ2v) is 7.45. The van der Waals surface area contributed by atoms with Crippen LogP contribution in [0.15, 0.2) is 0 Å². The summed E-state index contributed by atoms with van der Waals surface area (Å²) in [6.07, 6.45) is -1.12. The summed E-state index contributed by atoms with van der Waals surface area (Å²) in [7, 11) is -10.1. The molecule has 1 N–H and O–H groups in total. The number of quaternary nitrogens is 1. The Bertz CT molecular complexity index is 331. The average molecular weight is 286 g/mol. The Labute approximate surface area is 98.9 Å². The molecule has 0 bridgehead atoms. The van der Waals surface area contributed by atoms with Crippen LogP contribution in [0.2, 0.25) is 0 Å². The first-order chi connectivity index (χ1) is 7.68. The Hall–Kier alpha value is 0.220. The van der Waals surface area contributed by atoms with Crippen LogP contribution in [0.1, 0.15) is 0 Å². The van der Waals surface area contributed by atoms with Crippen LogP contribution < -0.4 is 24.5 Å². The molecular formula is C7H14NO7P2-3. The minimum absolute atomic E-state index is 0.151. The third-order valence-electron chi connectivity index (χ3n) is 2.61. The first kappa shape index (κ1) is 15.3. The van der Waals surface area contributed by atoms with Crippen molar-refractivity contribution < 1.29 is 38.3 Å². The molecule has 1 atom stereocenters. The Balaban J connectivity index is 2.63. The summed E-state index contributed by atoms with van der Waals surface area (Å²) in [6, 6.07) is 0. The Morgan fingerprint density at radius 1 is 1.12 bits per heavy atom. The summed E-state index contributed by atoms with van der Waals surface area (Å²) in [5.41, 5.74) is -1.64.